The number of imidazole rings is 1. The highest BCUT2D eigenvalue weighted by atomic mass is 16.5. The zero-order chi connectivity index (χ0) is 25.5. The second-order valence-corrected chi connectivity index (χ2v) is 7.93. The van der Waals surface area contributed by atoms with Crippen LogP contribution in [0.4, 0.5) is 0 Å². The highest BCUT2D eigenvalue weighted by Gasteiger charge is 2.14. The number of fused-ring (bicyclic) bond motifs is 1. The van der Waals surface area contributed by atoms with Crippen LogP contribution in [0.2, 0.25) is 0 Å². The average Bonchev–Trinajstić information content (AvgIpc) is 3.55. The van der Waals surface area contributed by atoms with Gasteiger partial charge in [-0.25, -0.2) is 9.78 Å². The van der Waals surface area contributed by atoms with Gasteiger partial charge in [0.15, 0.2) is 5.76 Å². The van der Waals surface area contributed by atoms with Gasteiger partial charge in [0, 0.05) is 31.0 Å². The number of amides is 2. The van der Waals surface area contributed by atoms with Gasteiger partial charge in [0.1, 0.15) is 17.1 Å². The Bertz CT molecular complexity index is 1420. The molecule has 4 aromatic rings. The van der Waals surface area contributed by atoms with Gasteiger partial charge in [0.2, 0.25) is 0 Å². The Labute approximate surface area is 207 Å². The first-order chi connectivity index (χ1) is 17.5. The first kappa shape index (κ1) is 24.5. The van der Waals surface area contributed by atoms with Gasteiger partial charge >= 0.3 is 5.97 Å². The lowest BCUT2D eigenvalue weighted by Gasteiger charge is -2.05. The smallest absolute Gasteiger partial charge is 0.339 e. The van der Waals surface area contributed by atoms with E-state index in [1.165, 1.54) is 0 Å². The standard InChI is InChI=1S/C27H26N4O5/c1-3-5-13-35-27(34)20-9-12-24-30-21(17-31(24)16-20)25(32)29-15-18-7-6-8-19(14-18)22-10-11-23(36-22)26(33)28-4-2/h3,6-12,14,16-17H,1,4-5,13,15H2,2H3,(H,28,33)(H,29,32). The van der Waals surface area contributed by atoms with Crippen molar-refractivity contribution in [3.63, 3.8) is 0 Å². The summed E-state index contributed by atoms with van der Waals surface area (Å²) in [5.41, 5.74) is 2.76. The summed E-state index contributed by atoms with van der Waals surface area (Å²) >= 11 is 0. The number of carbonyl (C=O) groups excluding carboxylic acids is 3. The van der Waals surface area contributed by atoms with E-state index in [1.54, 1.807) is 47.1 Å². The molecule has 2 N–H and O–H groups in total. The molecule has 3 aromatic heterocycles. The number of hydrogen-bond acceptors (Lipinski definition) is 6. The van der Waals surface area contributed by atoms with Crippen molar-refractivity contribution < 1.29 is 23.5 Å². The fourth-order valence-electron chi connectivity index (χ4n) is 3.51. The molecule has 0 aliphatic carbocycles. The van der Waals surface area contributed by atoms with Gasteiger partial charge in [0.05, 0.1) is 12.2 Å². The topological polar surface area (TPSA) is 115 Å². The Morgan fingerprint density at radius 2 is 1.94 bits per heavy atom. The molecule has 0 saturated carbocycles. The monoisotopic (exact) mass is 486 g/mol. The number of benzene rings is 1. The van der Waals surface area contributed by atoms with Crippen molar-refractivity contribution in [1.82, 2.24) is 20.0 Å². The molecule has 0 radical (unpaired) electrons. The van der Waals surface area contributed by atoms with Crippen LogP contribution < -0.4 is 10.6 Å². The number of furan rings is 1. The maximum Gasteiger partial charge on any atom is 0.339 e. The molecule has 0 bridgehead atoms. The molecule has 4 rings (SSSR count). The number of carbonyl (C=O) groups is 3. The van der Waals surface area contributed by atoms with Crippen molar-refractivity contribution in [3.8, 4) is 11.3 Å². The summed E-state index contributed by atoms with van der Waals surface area (Å²) in [5.74, 6) is -0.269. The van der Waals surface area contributed by atoms with E-state index in [-0.39, 0.29) is 36.4 Å². The van der Waals surface area contributed by atoms with Gasteiger partial charge < -0.3 is 24.2 Å². The molecule has 2 amide bonds. The van der Waals surface area contributed by atoms with Gasteiger partial charge in [-0.05, 0) is 49.2 Å². The molecule has 0 unspecified atom stereocenters. The van der Waals surface area contributed by atoms with E-state index in [9.17, 15) is 14.4 Å². The van der Waals surface area contributed by atoms with Crippen LogP contribution in [0, 0.1) is 0 Å². The van der Waals surface area contributed by atoms with Crippen molar-refractivity contribution >= 4 is 23.4 Å². The second-order valence-electron chi connectivity index (χ2n) is 7.93. The molecule has 3 heterocycles. The minimum Gasteiger partial charge on any atom is -0.462 e. The van der Waals surface area contributed by atoms with Crippen LogP contribution >= 0.6 is 0 Å². The molecule has 0 spiro atoms. The van der Waals surface area contributed by atoms with Gasteiger partial charge in [-0.3, -0.25) is 9.59 Å². The molecular weight excluding hydrogens is 460 g/mol. The summed E-state index contributed by atoms with van der Waals surface area (Å²) in [4.78, 5) is 41.2. The minimum atomic E-state index is -0.451. The van der Waals surface area contributed by atoms with Crippen LogP contribution in [-0.4, -0.2) is 40.3 Å². The molecule has 0 saturated heterocycles. The van der Waals surface area contributed by atoms with Crippen LogP contribution in [0.1, 0.15) is 50.3 Å². The molecule has 0 aliphatic rings. The minimum absolute atomic E-state index is 0.223. The number of hydrogen-bond donors (Lipinski definition) is 2. The van der Waals surface area contributed by atoms with E-state index in [4.69, 9.17) is 9.15 Å². The Morgan fingerprint density at radius 3 is 2.75 bits per heavy atom. The summed E-state index contributed by atoms with van der Waals surface area (Å²) in [5, 5.41) is 5.56. The molecule has 0 aliphatic heterocycles. The number of rotatable bonds is 10. The second kappa shape index (κ2) is 11.2. The van der Waals surface area contributed by atoms with E-state index in [0.717, 1.165) is 11.1 Å². The first-order valence-electron chi connectivity index (χ1n) is 11.5. The molecule has 184 valence electrons. The SMILES string of the molecule is C=CCCOC(=O)c1ccc2nc(C(=O)NCc3cccc(-c4ccc(C(=O)NCC)o4)c3)cn2c1. The van der Waals surface area contributed by atoms with Crippen LogP contribution in [0.3, 0.4) is 0 Å². The van der Waals surface area contributed by atoms with Crippen LogP contribution in [0.15, 0.2) is 78.0 Å². The maximum absolute atomic E-state index is 12.7. The van der Waals surface area contributed by atoms with Crippen LogP contribution in [0.25, 0.3) is 17.0 Å². The number of nitrogens with one attached hydrogen (secondary N) is 2. The zero-order valence-corrected chi connectivity index (χ0v) is 19.8. The van der Waals surface area contributed by atoms with E-state index in [0.29, 0.717) is 29.9 Å². The van der Waals surface area contributed by atoms with E-state index < -0.39 is 5.97 Å². The lowest BCUT2D eigenvalue weighted by atomic mass is 10.1. The number of nitrogens with zero attached hydrogens (tertiary/aromatic N) is 2. The predicted molar refractivity (Wildman–Crippen MR) is 134 cm³/mol. The molecule has 0 fully saturated rings. The van der Waals surface area contributed by atoms with Crippen LogP contribution in [-0.2, 0) is 11.3 Å². The Hall–Kier alpha value is -4.66. The zero-order valence-electron chi connectivity index (χ0n) is 19.8. The average molecular weight is 487 g/mol. The van der Waals surface area contributed by atoms with E-state index >= 15 is 0 Å². The summed E-state index contributed by atoms with van der Waals surface area (Å²) in [6, 6.07) is 14.1. The number of ether oxygens (including phenoxy) is 1. The Balaban J connectivity index is 1.41. The normalized spacial score (nSPS) is 10.7. The maximum atomic E-state index is 12.7. The summed E-state index contributed by atoms with van der Waals surface area (Å²) in [6.45, 7) is 6.48. The number of esters is 1. The third kappa shape index (κ3) is 5.69. The Morgan fingerprint density at radius 1 is 1.08 bits per heavy atom. The van der Waals surface area contributed by atoms with Crippen molar-refractivity contribution in [3.05, 3.63) is 96.2 Å². The molecule has 1 aromatic carbocycles. The third-order valence-corrected chi connectivity index (χ3v) is 5.31. The number of pyridine rings is 1. The molecule has 9 heteroatoms. The van der Waals surface area contributed by atoms with E-state index in [2.05, 4.69) is 22.2 Å². The van der Waals surface area contributed by atoms with E-state index in [1.807, 2.05) is 31.2 Å². The highest BCUT2D eigenvalue weighted by Crippen LogP contribution is 2.23. The number of aromatic nitrogens is 2. The van der Waals surface area contributed by atoms with Crippen molar-refractivity contribution in [2.45, 2.75) is 19.9 Å². The van der Waals surface area contributed by atoms with Crippen LogP contribution in [0.5, 0.6) is 0 Å². The lowest BCUT2D eigenvalue weighted by molar-refractivity contribution is 0.0511. The third-order valence-electron chi connectivity index (χ3n) is 5.31. The van der Waals surface area contributed by atoms with Crippen molar-refractivity contribution in [1.29, 1.82) is 0 Å². The highest BCUT2D eigenvalue weighted by molar-refractivity contribution is 5.93. The summed E-state index contributed by atoms with van der Waals surface area (Å²) < 4.78 is 12.5. The van der Waals surface area contributed by atoms with Gasteiger partial charge in [-0.15, -0.1) is 6.58 Å². The van der Waals surface area contributed by atoms with Gasteiger partial charge in [-0.1, -0.05) is 24.3 Å². The molecule has 0 atom stereocenters. The quantitative estimate of drug-likeness (QED) is 0.199. The lowest BCUT2D eigenvalue weighted by Crippen LogP contribution is -2.23. The fraction of sp³-hybridized carbons (Fsp3) is 0.185. The van der Waals surface area contributed by atoms with Gasteiger partial charge in [-0.2, -0.15) is 0 Å². The Kier molecular flexibility index (Phi) is 7.60. The molecular formula is C27H26N4O5. The fourth-order valence-corrected chi connectivity index (χ4v) is 3.51. The summed E-state index contributed by atoms with van der Waals surface area (Å²) in [6.07, 6.45) is 5.39. The molecule has 36 heavy (non-hydrogen) atoms. The first-order valence-corrected chi connectivity index (χ1v) is 11.5. The van der Waals surface area contributed by atoms with Gasteiger partial charge in [0.25, 0.3) is 11.8 Å². The van der Waals surface area contributed by atoms with Crippen molar-refractivity contribution in [2.24, 2.45) is 0 Å². The predicted octanol–water partition coefficient (Wildman–Crippen LogP) is 4.01. The summed E-state index contributed by atoms with van der Waals surface area (Å²) in [7, 11) is 0. The van der Waals surface area contributed by atoms with Crippen molar-refractivity contribution in [2.75, 3.05) is 13.2 Å². The largest absolute Gasteiger partial charge is 0.462 e. The molecule has 9 nitrogen and oxygen atoms in total.